The molecule has 0 aliphatic rings. The van der Waals surface area contributed by atoms with E-state index in [1.807, 2.05) is 6.92 Å². The number of aryl methyl sites for hydroxylation is 1. The highest BCUT2D eigenvalue weighted by Gasteiger charge is 2.35. The van der Waals surface area contributed by atoms with Crippen LogP contribution in [0, 0.1) is 0 Å². The molecule has 2 amide bonds. The van der Waals surface area contributed by atoms with Gasteiger partial charge in [0.15, 0.2) is 5.84 Å². The lowest BCUT2D eigenvalue weighted by molar-refractivity contribution is 0.0148. The largest absolute Gasteiger partial charge is 0.443 e. The van der Waals surface area contributed by atoms with Crippen molar-refractivity contribution in [3.8, 4) is 0 Å². The van der Waals surface area contributed by atoms with E-state index in [1.54, 1.807) is 59.7 Å². The van der Waals surface area contributed by atoms with Gasteiger partial charge in [0.25, 0.3) is 0 Å². The SMILES string of the molecule is CCc1cc(N)ccc1C(=NC)N(C(=O)OC(C)(C)C)C(=O)OC(C)(C)C. The second kappa shape index (κ2) is 8.41. The molecule has 1 aromatic rings. The number of benzene rings is 1. The second-order valence-electron chi connectivity index (χ2n) is 8.11. The van der Waals surface area contributed by atoms with Crippen molar-refractivity contribution in [2.75, 3.05) is 12.8 Å². The monoisotopic (exact) mass is 377 g/mol. The first-order chi connectivity index (χ1) is 12.3. The Morgan fingerprint density at radius 2 is 1.52 bits per heavy atom. The van der Waals surface area contributed by atoms with Crippen molar-refractivity contribution in [1.82, 2.24) is 4.90 Å². The number of aliphatic imine (C=N–C) groups is 1. The van der Waals surface area contributed by atoms with E-state index >= 15 is 0 Å². The third-order valence-corrected chi connectivity index (χ3v) is 3.33. The Kier molecular flexibility index (Phi) is 7.00. The molecule has 0 aliphatic carbocycles. The Labute approximate surface area is 161 Å². The van der Waals surface area contributed by atoms with Gasteiger partial charge in [0, 0.05) is 18.3 Å². The molecule has 1 aromatic carbocycles. The minimum Gasteiger partial charge on any atom is -0.443 e. The van der Waals surface area contributed by atoms with Crippen molar-refractivity contribution in [2.45, 2.75) is 66.1 Å². The second-order valence-corrected chi connectivity index (χ2v) is 8.11. The molecule has 0 bridgehead atoms. The highest BCUT2D eigenvalue weighted by Crippen LogP contribution is 2.21. The van der Waals surface area contributed by atoms with E-state index in [-0.39, 0.29) is 5.84 Å². The fraction of sp³-hybridized carbons (Fsp3) is 0.550. The van der Waals surface area contributed by atoms with Crippen LogP contribution in [-0.2, 0) is 15.9 Å². The van der Waals surface area contributed by atoms with Gasteiger partial charge < -0.3 is 15.2 Å². The van der Waals surface area contributed by atoms with Crippen LogP contribution in [0.15, 0.2) is 23.2 Å². The number of imide groups is 1. The van der Waals surface area contributed by atoms with Crippen LogP contribution in [-0.4, -0.2) is 41.2 Å². The molecule has 27 heavy (non-hydrogen) atoms. The maximum Gasteiger partial charge on any atom is 0.425 e. The summed E-state index contributed by atoms with van der Waals surface area (Å²) in [6, 6.07) is 5.23. The van der Waals surface area contributed by atoms with E-state index in [0.29, 0.717) is 17.7 Å². The maximum atomic E-state index is 12.8. The van der Waals surface area contributed by atoms with Crippen molar-refractivity contribution >= 4 is 23.7 Å². The summed E-state index contributed by atoms with van der Waals surface area (Å²) in [5.41, 5.74) is 6.36. The molecule has 0 saturated heterocycles. The van der Waals surface area contributed by atoms with Crippen LogP contribution < -0.4 is 5.73 Å². The van der Waals surface area contributed by atoms with Crippen LogP contribution in [0.3, 0.4) is 0 Å². The van der Waals surface area contributed by atoms with Crippen LogP contribution in [0.5, 0.6) is 0 Å². The highest BCUT2D eigenvalue weighted by atomic mass is 16.6. The van der Waals surface area contributed by atoms with Gasteiger partial charge in [0.2, 0.25) is 0 Å². The summed E-state index contributed by atoms with van der Waals surface area (Å²) in [4.78, 5) is 30.7. The topological polar surface area (TPSA) is 94.2 Å². The number of amides is 2. The lowest BCUT2D eigenvalue weighted by Gasteiger charge is -2.29. The molecule has 150 valence electrons. The number of nitrogens with zero attached hydrogens (tertiary/aromatic N) is 2. The molecule has 0 heterocycles. The molecule has 0 aliphatic heterocycles. The Balaban J connectivity index is 3.47. The maximum absolute atomic E-state index is 12.8. The summed E-state index contributed by atoms with van der Waals surface area (Å²) in [7, 11) is 1.51. The highest BCUT2D eigenvalue weighted by molar-refractivity contribution is 6.16. The minimum atomic E-state index is -0.851. The van der Waals surface area contributed by atoms with Crippen LogP contribution in [0.2, 0.25) is 0 Å². The molecule has 1 rings (SSSR count). The van der Waals surface area contributed by atoms with E-state index in [1.165, 1.54) is 7.05 Å². The van der Waals surface area contributed by atoms with Gasteiger partial charge >= 0.3 is 12.2 Å². The Hall–Kier alpha value is -2.57. The summed E-state index contributed by atoms with van der Waals surface area (Å²) >= 11 is 0. The van der Waals surface area contributed by atoms with Crippen molar-refractivity contribution in [1.29, 1.82) is 0 Å². The fourth-order valence-electron chi connectivity index (χ4n) is 2.33. The van der Waals surface area contributed by atoms with Crippen molar-refractivity contribution in [3.05, 3.63) is 29.3 Å². The van der Waals surface area contributed by atoms with Gasteiger partial charge in [-0.1, -0.05) is 6.92 Å². The van der Waals surface area contributed by atoms with Gasteiger partial charge in [-0.3, -0.25) is 4.99 Å². The Bertz CT molecular complexity index is 700. The van der Waals surface area contributed by atoms with Gasteiger partial charge in [-0.05, 0) is 71.7 Å². The molecule has 7 heteroatoms. The van der Waals surface area contributed by atoms with E-state index in [2.05, 4.69) is 4.99 Å². The zero-order valence-corrected chi connectivity index (χ0v) is 17.5. The van der Waals surface area contributed by atoms with Gasteiger partial charge in [0.1, 0.15) is 11.2 Å². The molecule has 2 N–H and O–H groups in total. The van der Waals surface area contributed by atoms with Gasteiger partial charge in [-0.15, -0.1) is 0 Å². The van der Waals surface area contributed by atoms with E-state index in [0.717, 1.165) is 10.5 Å². The van der Waals surface area contributed by atoms with E-state index < -0.39 is 23.4 Å². The quantitative estimate of drug-likeness (QED) is 0.469. The number of hydrogen-bond donors (Lipinski definition) is 1. The van der Waals surface area contributed by atoms with Crippen LogP contribution in [0.4, 0.5) is 15.3 Å². The fourth-order valence-corrected chi connectivity index (χ4v) is 2.33. The Morgan fingerprint density at radius 3 is 1.89 bits per heavy atom. The third-order valence-electron chi connectivity index (χ3n) is 3.33. The number of nitrogens with two attached hydrogens (primary N) is 1. The molecule has 0 fully saturated rings. The first kappa shape index (κ1) is 22.5. The molecule has 0 spiro atoms. The number of carbonyl (C=O) groups is 2. The van der Waals surface area contributed by atoms with Crippen molar-refractivity contribution in [2.24, 2.45) is 4.99 Å². The number of carbonyl (C=O) groups excluding carboxylic acids is 2. The summed E-state index contributed by atoms with van der Waals surface area (Å²) < 4.78 is 10.8. The number of nitrogen functional groups attached to an aromatic ring is 1. The zero-order chi connectivity index (χ0) is 21.0. The predicted molar refractivity (Wildman–Crippen MR) is 107 cm³/mol. The molecule has 0 unspecified atom stereocenters. The molecule has 7 nitrogen and oxygen atoms in total. The number of rotatable bonds is 2. The van der Waals surface area contributed by atoms with Crippen molar-refractivity contribution in [3.63, 3.8) is 0 Å². The summed E-state index contributed by atoms with van der Waals surface area (Å²) in [5.74, 6) is 0.148. The molecule has 0 radical (unpaired) electrons. The number of hydrogen-bond acceptors (Lipinski definition) is 6. The first-order valence-electron chi connectivity index (χ1n) is 8.90. The van der Waals surface area contributed by atoms with Crippen LogP contribution in [0.25, 0.3) is 0 Å². The lowest BCUT2D eigenvalue weighted by atomic mass is 10.0. The minimum absolute atomic E-state index is 0.148. The van der Waals surface area contributed by atoms with Crippen molar-refractivity contribution < 1.29 is 19.1 Å². The summed E-state index contributed by atoms with van der Waals surface area (Å²) in [6.07, 6.45) is -1.05. The summed E-state index contributed by atoms with van der Waals surface area (Å²) in [6.45, 7) is 12.3. The van der Waals surface area contributed by atoms with E-state index in [4.69, 9.17) is 15.2 Å². The molecular formula is C20H31N3O4. The van der Waals surface area contributed by atoms with Crippen LogP contribution in [0.1, 0.15) is 59.6 Å². The van der Waals surface area contributed by atoms with Gasteiger partial charge in [-0.25, -0.2) is 9.59 Å². The van der Waals surface area contributed by atoms with Crippen LogP contribution >= 0.6 is 0 Å². The average Bonchev–Trinajstić information content (AvgIpc) is 2.48. The predicted octanol–water partition coefficient (Wildman–Crippen LogP) is 4.38. The normalized spacial score (nSPS) is 12.5. The standard InChI is InChI=1S/C20H31N3O4/c1-9-13-12-14(21)10-11-15(13)16(22-8)23(17(24)26-19(2,3)4)18(25)27-20(5,6)7/h10-12H,9,21H2,1-8H3. The molecular weight excluding hydrogens is 346 g/mol. The molecule has 0 aromatic heterocycles. The average molecular weight is 377 g/mol. The molecule has 0 saturated carbocycles. The summed E-state index contributed by atoms with van der Waals surface area (Å²) in [5, 5.41) is 0. The zero-order valence-electron chi connectivity index (χ0n) is 17.5. The number of anilines is 1. The number of amidine groups is 1. The smallest absolute Gasteiger partial charge is 0.425 e. The first-order valence-corrected chi connectivity index (χ1v) is 8.90. The third kappa shape index (κ3) is 6.58. The van der Waals surface area contributed by atoms with E-state index in [9.17, 15) is 9.59 Å². The number of ether oxygens (including phenoxy) is 2. The molecule has 0 atom stereocenters. The Morgan fingerprint density at radius 1 is 1.04 bits per heavy atom. The van der Waals surface area contributed by atoms with Gasteiger partial charge in [-0.2, -0.15) is 4.90 Å². The van der Waals surface area contributed by atoms with Gasteiger partial charge in [0.05, 0.1) is 0 Å². The lowest BCUT2D eigenvalue weighted by Crippen LogP contribution is -2.47.